The van der Waals surface area contributed by atoms with E-state index in [1.807, 2.05) is 31.2 Å². The molecule has 1 N–H and O–H groups in total. The summed E-state index contributed by atoms with van der Waals surface area (Å²) < 4.78 is 5.34. The van der Waals surface area contributed by atoms with E-state index in [4.69, 9.17) is 4.74 Å². The number of rotatable bonds is 8. The molecule has 3 aromatic rings. The molecule has 3 aromatic carbocycles. The summed E-state index contributed by atoms with van der Waals surface area (Å²) in [6, 6.07) is 25.3. The van der Waals surface area contributed by atoms with Gasteiger partial charge in [-0.3, -0.25) is 4.79 Å². The second-order valence-electron chi connectivity index (χ2n) is 6.56. The fourth-order valence-corrected chi connectivity index (χ4v) is 2.85. The highest BCUT2D eigenvalue weighted by Gasteiger charge is 2.15. The quantitative estimate of drug-likeness (QED) is 0.332. The lowest BCUT2D eigenvalue weighted by Gasteiger charge is -2.13. The van der Waals surface area contributed by atoms with Gasteiger partial charge in [0, 0.05) is 5.56 Å². The van der Waals surface area contributed by atoms with Gasteiger partial charge >= 0.3 is 5.97 Å². The molecule has 0 saturated carbocycles. The first kappa shape index (κ1) is 22.3. The molecule has 0 bridgehead atoms. The Kier molecular flexibility index (Phi) is 8.59. The molecule has 0 aliphatic rings. The zero-order valence-electron chi connectivity index (χ0n) is 16.2. The van der Waals surface area contributed by atoms with E-state index in [2.05, 4.69) is 17.4 Å². The Morgan fingerprint density at radius 1 is 0.828 bits per heavy atom. The lowest BCUT2D eigenvalue weighted by atomic mass is 10.0. The molecule has 0 fully saturated rings. The summed E-state index contributed by atoms with van der Waals surface area (Å²) in [5.74, 6) is -0.000265. The molecule has 0 aromatic heterocycles. The van der Waals surface area contributed by atoms with Gasteiger partial charge in [-0.15, -0.1) is 12.4 Å². The third kappa shape index (κ3) is 6.56. The van der Waals surface area contributed by atoms with E-state index in [-0.39, 0.29) is 24.2 Å². The maximum absolute atomic E-state index is 12.6. The topological polar surface area (TPSA) is 55.4 Å². The molecule has 3 rings (SSSR count). The minimum absolute atomic E-state index is 0. The molecule has 0 heterocycles. The number of esters is 1. The average Bonchev–Trinajstić information content (AvgIpc) is 2.75. The van der Waals surface area contributed by atoms with Gasteiger partial charge in [-0.25, -0.2) is 4.79 Å². The first-order valence-corrected chi connectivity index (χ1v) is 9.32. The highest BCUT2D eigenvalue weighted by atomic mass is 35.5. The van der Waals surface area contributed by atoms with Crippen LogP contribution in [-0.2, 0) is 6.42 Å². The summed E-state index contributed by atoms with van der Waals surface area (Å²) in [4.78, 5) is 24.6. The average molecular weight is 410 g/mol. The molecule has 0 saturated heterocycles. The van der Waals surface area contributed by atoms with Gasteiger partial charge in [-0.2, -0.15) is 0 Å². The van der Waals surface area contributed by atoms with E-state index >= 15 is 0 Å². The summed E-state index contributed by atoms with van der Waals surface area (Å²) in [7, 11) is 0. The molecule has 1 atom stereocenters. The van der Waals surface area contributed by atoms with Crippen LogP contribution in [0.5, 0.6) is 5.75 Å². The number of hydrogen-bond donors (Lipinski definition) is 1. The minimum Gasteiger partial charge on any atom is -0.423 e. The Morgan fingerprint density at radius 2 is 1.41 bits per heavy atom. The summed E-state index contributed by atoms with van der Waals surface area (Å²) in [5, 5.41) is 3.26. The number of nitrogens with one attached hydrogen (secondary N) is 1. The van der Waals surface area contributed by atoms with Crippen LogP contribution in [-0.4, -0.2) is 24.3 Å². The molecule has 0 aliphatic carbocycles. The van der Waals surface area contributed by atoms with Crippen LogP contribution in [0.1, 0.15) is 33.2 Å². The molecule has 4 nitrogen and oxygen atoms in total. The van der Waals surface area contributed by atoms with Crippen molar-refractivity contribution in [2.24, 2.45) is 0 Å². The van der Waals surface area contributed by atoms with E-state index in [1.54, 1.807) is 48.5 Å². The van der Waals surface area contributed by atoms with Crippen LogP contribution in [0.25, 0.3) is 0 Å². The number of carbonyl (C=O) groups is 2. The van der Waals surface area contributed by atoms with Crippen molar-refractivity contribution >= 4 is 24.2 Å². The van der Waals surface area contributed by atoms with Gasteiger partial charge in [0.15, 0.2) is 5.78 Å². The monoisotopic (exact) mass is 409 g/mol. The fourth-order valence-electron chi connectivity index (χ4n) is 2.85. The molecule has 29 heavy (non-hydrogen) atoms. The van der Waals surface area contributed by atoms with E-state index in [0.29, 0.717) is 16.9 Å². The third-order valence-electron chi connectivity index (χ3n) is 4.46. The largest absolute Gasteiger partial charge is 0.423 e. The predicted molar refractivity (Wildman–Crippen MR) is 117 cm³/mol. The normalized spacial score (nSPS) is 11.2. The van der Waals surface area contributed by atoms with Crippen LogP contribution < -0.4 is 10.1 Å². The van der Waals surface area contributed by atoms with E-state index in [9.17, 15) is 9.59 Å². The molecule has 0 aliphatic heterocycles. The van der Waals surface area contributed by atoms with Crippen molar-refractivity contribution in [3.63, 3.8) is 0 Å². The number of halogens is 1. The highest BCUT2D eigenvalue weighted by molar-refractivity contribution is 6.00. The maximum Gasteiger partial charge on any atom is 0.343 e. The highest BCUT2D eigenvalue weighted by Crippen LogP contribution is 2.15. The fraction of sp³-hybridized carbons (Fsp3) is 0.167. The third-order valence-corrected chi connectivity index (χ3v) is 4.46. The first-order valence-electron chi connectivity index (χ1n) is 9.32. The Balaban J connectivity index is 0.00000300. The van der Waals surface area contributed by atoms with Crippen LogP contribution in [0.2, 0.25) is 0 Å². The maximum atomic E-state index is 12.6. The lowest BCUT2D eigenvalue weighted by Crippen LogP contribution is -2.35. The Morgan fingerprint density at radius 3 is 2.03 bits per heavy atom. The summed E-state index contributed by atoms with van der Waals surface area (Å²) in [6.45, 7) is 2.58. The van der Waals surface area contributed by atoms with Gasteiger partial charge in [0.05, 0.1) is 11.6 Å². The van der Waals surface area contributed by atoms with Crippen molar-refractivity contribution in [2.75, 3.05) is 6.54 Å². The van der Waals surface area contributed by atoms with Crippen molar-refractivity contribution < 1.29 is 14.3 Å². The minimum atomic E-state index is -0.421. The molecular weight excluding hydrogens is 386 g/mol. The van der Waals surface area contributed by atoms with Crippen molar-refractivity contribution in [1.82, 2.24) is 5.32 Å². The summed E-state index contributed by atoms with van der Waals surface area (Å²) in [6.07, 6.45) is 0.868. The molecule has 0 spiro atoms. The van der Waals surface area contributed by atoms with Crippen molar-refractivity contribution in [2.45, 2.75) is 19.4 Å². The van der Waals surface area contributed by atoms with Crippen LogP contribution in [0.3, 0.4) is 0 Å². The Hall–Kier alpha value is -2.95. The SMILES string of the molecule is C[C@@H](NCCc1ccccc1)C(=O)c1ccc(OC(=O)c2ccccc2)cc1.Cl. The van der Waals surface area contributed by atoms with Crippen molar-refractivity contribution in [3.8, 4) is 5.75 Å². The van der Waals surface area contributed by atoms with Gasteiger partial charge in [0.2, 0.25) is 0 Å². The standard InChI is InChI=1S/C24H23NO3.ClH/c1-18(25-17-16-19-8-4-2-5-9-19)23(26)20-12-14-22(15-13-20)28-24(27)21-10-6-3-7-11-21;/h2-15,18,25H,16-17H2,1H3;1H/t18-;/m1./s1. The number of benzene rings is 3. The molecule has 0 radical (unpaired) electrons. The molecule has 0 unspecified atom stereocenters. The molecular formula is C24H24ClNO3. The summed E-state index contributed by atoms with van der Waals surface area (Å²) >= 11 is 0. The zero-order chi connectivity index (χ0) is 19.8. The lowest BCUT2D eigenvalue weighted by molar-refractivity contribution is 0.0734. The van der Waals surface area contributed by atoms with Gasteiger partial charge in [-0.05, 0) is 61.9 Å². The predicted octanol–water partition coefficient (Wildman–Crippen LogP) is 4.73. The Bertz CT molecular complexity index is 912. The van der Waals surface area contributed by atoms with Gasteiger partial charge in [0.1, 0.15) is 5.75 Å². The smallest absolute Gasteiger partial charge is 0.343 e. The van der Waals surface area contributed by atoms with E-state index in [1.165, 1.54) is 5.56 Å². The summed E-state index contributed by atoms with van der Waals surface area (Å²) in [5.41, 5.74) is 2.30. The van der Waals surface area contributed by atoms with Crippen molar-refractivity contribution in [1.29, 1.82) is 0 Å². The van der Waals surface area contributed by atoms with Gasteiger partial charge in [-0.1, -0.05) is 48.5 Å². The molecule has 0 amide bonds. The van der Waals surface area contributed by atoms with Gasteiger partial charge in [0.25, 0.3) is 0 Å². The molecule has 150 valence electrons. The second kappa shape index (κ2) is 11.1. The number of ketones is 1. The number of hydrogen-bond acceptors (Lipinski definition) is 4. The van der Waals surface area contributed by atoms with Crippen LogP contribution >= 0.6 is 12.4 Å². The molecule has 5 heteroatoms. The van der Waals surface area contributed by atoms with Crippen LogP contribution in [0.4, 0.5) is 0 Å². The first-order chi connectivity index (χ1) is 13.6. The Labute approximate surface area is 177 Å². The number of ether oxygens (including phenoxy) is 1. The van der Waals surface area contributed by atoms with E-state index < -0.39 is 5.97 Å². The van der Waals surface area contributed by atoms with Crippen molar-refractivity contribution in [3.05, 3.63) is 102 Å². The number of Topliss-reactive ketones (excluding diaryl/α,β-unsaturated/α-hetero) is 1. The van der Waals surface area contributed by atoms with Crippen LogP contribution in [0, 0.1) is 0 Å². The van der Waals surface area contributed by atoms with Crippen LogP contribution in [0.15, 0.2) is 84.9 Å². The zero-order valence-corrected chi connectivity index (χ0v) is 17.0. The van der Waals surface area contributed by atoms with Gasteiger partial charge < -0.3 is 10.1 Å². The van der Waals surface area contributed by atoms with E-state index in [0.717, 1.165) is 13.0 Å². The number of carbonyl (C=O) groups excluding carboxylic acids is 2. The second-order valence-corrected chi connectivity index (χ2v) is 6.56.